The van der Waals surface area contributed by atoms with E-state index < -0.39 is 0 Å². The van der Waals surface area contributed by atoms with Crippen molar-refractivity contribution in [3.8, 4) is 0 Å². The number of benzene rings is 1. The van der Waals surface area contributed by atoms with Crippen molar-refractivity contribution in [2.75, 3.05) is 29.7 Å². The van der Waals surface area contributed by atoms with Gasteiger partial charge in [-0.05, 0) is 31.4 Å². The maximum Gasteiger partial charge on any atom is 0.0600 e. The number of nitrogen functional groups attached to an aromatic ring is 1. The Morgan fingerprint density at radius 3 is 2.73 bits per heavy atom. The smallest absolute Gasteiger partial charge is 0.0600 e. The second-order valence-corrected chi connectivity index (χ2v) is 5.44. The second kappa shape index (κ2) is 5.66. The normalized spacial score (nSPS) is 12.5. The first-order valence-electron chi connectivity index (χ1n) is 4.83. The van der Waals surface area contributed by atoms with Gasteiger partial charge in [-0.15, -0.1) is 0 Å². The van der Waals surface area contributed by atoms with E-state index in [1.165, 1.54) is 0 Å². The fraction of sp³-hybridized carbons (Fsp3) is 0.455. The third kappa shape index (κ3) is 3.31. The maximum atomic E-state index is 5.98. The summed E-state index contributed by atoms with van der Waals surface area (Å²) in [4.78, 5) is 2.22. The fourth-order valence-electron chi connectivity index (χ4n) is 1.44. The minimum atomic E-state index is 0.489. The molecule has 0 aromatic heterocycles. The van der Waals surface area contributed by atoms with Gasteiger partial charge in [0.05, 0.1) is 11.4 Å². The molecule has 0 fully saturated rings. The predicted octanol–water partition coefficient (Wildman–Crippen LogP) is 3.22. The van der Waals surface area contributed by atoms with Gasteiger partial charge in [-0.3, -0.25) is 0 Å². The van der Waals surface area contributed by atoms with E-state index in [4.69, 9.17) is 5.73 Å². The highest BCUT2D eigenvalue weighted by Crippen LogP contribution is 2.27. The third-order valence-corrected chi connectivity index (χ3v) is 3.75. The Bertz CT molecular complexity index is 330. The van der Waals surface area contributed by atoms with Crippen LogP contribution >= 0.6 is 27.7 Å². The molecule has 0 amide bonds. The summed E-state index contributed by atoms with van der Waals surface area (Å²) in [5, 5.41) is 0. The molecule has 0 heterocycles. The summed E-state index contributed by atoms with van der Waals surface area (Å²) in [5.41, 5.74) is 7.89. The molecule has 4 heteroatoms. The van der Waals surface area contributed by atoms with E-state index in [0.717, 1.165) is 21.6 Å². The molecule has 1 rings (SSSR count). The molecule has 0 saturated carbocycles. The molecule has 1 aromatic rings. The highest BCUT2D eigenvalue weighted by Gasteiger charge is 2.11. The summed E-state index contributed by atoms with van der Waals surface area (Å²) in [6.07, 6.45) is 2.12. The Morgan fingerprint density at radius 1 is 1.53 bits per heavy atom. The standard InChI is InChI=1S/C11H17BrN2S/c1-8(7-15-3)14(2)11-5-4-9(12)6-10(11)13/h4-6,8H,7,13H2,1-3H3. The van der Waals surface area contributed by atoms with Gasteiger partial charge in [0.15, 0.2) is 0 Å². The molecule has 2 nitrogen and oxygen atoms in total. The molecular formula is C11H17BrN2S. The van der Waals surface area contributed by atoms with E-state index in [0.29, 0.717) is 6.04 Å². The average molecular weight is 289 g/mol. The Labute approximate surface area is 104 Å². The first-order valence-corrected chi connectivity index (χ1v) is 7.01. The van der Waals surface area contributed by atoms with Crippen LogP contribution in [0.1, 0.15) is 6.92 Å². The minimum absolute atomic E-state index is 0.489. The van der Waals surface area contributed by atoms with Crippen molar-refractivity contribution in [3.63, 3.8) is 0 Å². The number of rotatable bonds is 4. The second-order valence-electron chi connectivity index (χ2n) is 3.62. The van der Waals surface area contributed by atoms with Crippen LogP contribution in [0.4, 0.5) is 11.4 Å². The molecule has 0 saturated heterocycles. The summed E-state index contributed by atoms with van der Waals surface area (Å²) >= 11 is 5.26. The topological polar surface area (TPSA) is 29.3 Å². The lowest BCUT2D eigenvalue weighted by molar-refractivity contribution is 0.766. The number of hydrogen-bond acceptors (Lipinski definition) is 3. The number of anilines is 2. The molecule has 84 valence electrons. The molecule has 0 aliphatic heterocycles. The van der Waals surface area contributed by atoms with Crippen LogP contribution < -0.4 is 10.6 Å². The molecule has 0 aliphatic carbocycles. The van der Waals surface area contributed by atoms with Gasteiger partial charge in [0.25, 0.3) is 0 Å². The lowest BCUT2D eigenvalue weighted by Gasteiger charge is -2.27. The highest BCUT2D eigenvalue weighted by molar-refractivity contribution is 9.10. The quantitative estimate of drug-likeness (QED) is 0.863. The van der Waals surface area contributed by atoms with Gasteiger partial charge in [-0.25, -0.2) is 0 Å². The highest BCUT2D eigenvalue weighted by atomic mass is 79.9. The summed E-state index contributed by atoms with van der Waals surface area (Å²) in [6, 6.07) is 6.51. The minimum Gasteiger partial charge on any atom is -0.397 e. The lowest BCUT2D eigenvalue weighted by atomic mass is 10.2. The van der Waals surface area contributed by atoms with Gasteiger partial charge >= 0.3 is 0 Å². The van der Waals surface area contributed by atoms with Crippen molar-refractivity contribution >= 4 is 39.1 Å². The van der Waals surface area contributed by atoms with Gasteiger partial charge < -0.3 is 10.6 Å². The van der Waals surface area contributed by atoms with Crippen molar-refractivity contribution in [1.82, 2.24) is 0 Å². The van der Waals surface area contributed by atoms with Crippen molar-refractivity contribution in [1.29, 1.82) is 0 Å². The van der Waals surface area contributed by atoms with Gasteiger partial charge in [0.1, 0.15) is 0 Å². The van der Waals surface area contributed by atoms with E-state index >= 15 is 0 Å². The molecule has 1 atom stereocenters. The van der Waals surface area contributed by atoms with Crippen molar-refractivity contribution in [2.24, 2.45) is 0 Å². The zero-order chi connectivity index (χ0) is 11.4. The summed E-state index contributed by atoms with van der Waals surface area (Å²) in [5.74, 6) is 1.10. The summed E-state index contributed by atoms with van der Waals surface area (Å²) in [7, 11) is 2.08. The van der Waals surface area contributed by atoms with Crippen LogP contribution in [0.2, 0.25) is 0 Å². The van der Waals surface area contributed by atoms with Crippen LogP contribution in [0.5, 0.6) is 0 Å². The SMILES string of the molecule is CSCC(C)N(C)c1ccc(Br)cc1N. The van der Waals surface area contributed by atoms with Gasteiger partial charge in [-0.2, -0.15) is 11.8 Å². The molecule has 0 bridgehead atoms. The van der Waals surface area contributed by atoms with E-state index in [2.05, 4.69) is 47.1 Å². The molecule has 1 aromatic carbocycles. The van der Waals surface area contributed by atoms with E-state index in [1.54, 1.807) is 0 Å². The summed E-state index contributed by atoms with van der Waals surface area (Å²) in [6.45, 7) is 2.21. The number of nitrogens with zero attached hydrogens (tertiary/aromatic N) is 1. The van der Waals surface area contributed by atoms with Crippen LogP contribution in [0, 0.1) is 0 Å². The largest absolute Gasteiger partial charge is 0.397 e. The maximum absolute atomic E-state index is 5.98. The Hall–Kier alpha value is -0.350. The molecule has 2 N–H and O–H groups in total. The van der Waals surface area contributed by atoms with E-state index in [-0.39, 0.29) is 0 Å². The van der Waals surface area contributed by atoms with Gasteiger partial charge in [-0.1, -0.05) is 15.9 Å². The van der Waals surface area contributed by atoms with Crippen molar-refractivity contribution in [2.45, 2.75) is 13.0 Å². The lowest BCUT2D eigenvalue weighted by Crippen LogP contribution is -2.31. The van der Waals surface area contributed by atoms with E-state index in [9.17, 15) is 0 Å². The summed E-state index contributed by atoms with van der Waals surface area (Å²) < 4.78 is 1.02. The molecule has 0 radical (unpaired) electrons. The molecule has 0 spiro atoms. The number of halogens is 1. The van der Waals surface area contributed by atoms with Crippen LogP contribution in [0.25, 0.3) is 0 Å². The predicted molar refractivity (Wildman–Crippen MR) is 74.8 cm³/mol. The number of hydrogen-bond donors (Lipinski definition) is 1. The van der Waals surface area contributed by atoms with Crippen LogP contribution in [-0.2, 0) is 0 Å². The molecule has 1 unspecified atom stereocenters. The first kappa shape index (κ1) is 12.7. The molecule has 15 heavy (non-hydrogen) atoms. The Balaban J connectivity index is 2.86. The zero-order valence-corrected chi connectivity index (χ0v) is 11.7. The van der Waals surface area contributed by atoms with Crippen LogP contribution in [0.3, 0.4) is 0 Å². The third-order valence-electron chi connectivity index (χ3n) is 2.44. The van der Waals surface area contributed by atoms with Gasteiger partial charge in [0, 0.05) is 23.3 Å². The number of thioether (sulfide) groups is 1. The molecular weight excluding hydrogens is 272 g/mol. The first-order chi connectivity index (χ1) is 7.06. The van der Waals surface area contributed by atoms with Crippen LogP contribution in [-0.4, -0.2) is 25.1 Å². The Kier molecular flexibility index (Phi) is 4.80. The van der Waals surface area contributed by atoms with Crippen LogP contribution in [0.15, 0.2) is 22.7 Å². The Morgan fingerprint density at radius 2 is 2.20 bits per heavy atom. The molecule has 0 aliphatic rings. The fourth-order valence-corrected chi connectivity index (χ4v) is 2.52. The average Bonchev–Trinajstić information content (AvgIpc) is 2.17. The van der Waals surface area contributed by atoms with Crippen molar-refractivity contribution in [3.05, 3.63) is 22.7 Å². The van der Waals surface area contributed by atoms with E-state index in [1.807, 2.05) is 23.9 Å². The zero-order valence-electron chi connectivity index (χ0n) is 9.33. The van der Waals surface area contributed by atoms with Crippen molar-refractivity contribution < 1.29 is 0 Å². The number of nitrogens with two attached hydrogens (primary N) is 1. The monoisotopic (exact) mass is 288 g/mol. The van der Waals surface area contributed by atoms with Gasteiger partial charge in [0.2, 0.25) is 0 Å².